The third-order valence-electron chi connectivity index (χ3n) is 4.33. The van der Waals surface area contributed by atoms with Gasteiger partial charge in [-0.3, -0.25) is 14.2 Å². The molecule has 9 heteroatoms. The first-order valence-corrected chi connectivity index (χ1v) is 9.10. The SMILES string of the molecule is COCCCn1c(O)c2ccc(C(=O)N=NC(=O)c3ccccc3Cl)cc2c1O. The molecular weight excluding hydrogens is 398 g/mol. The number of halogens is 1. The predicted molar refractivity (Wildman–Crippen MR) is 107 cm³/mol. The van der Waals surface area contributed by atoms with Gasteiger partial charge in [-0.2, -0.15) is 0 Å². The van der Waals surface area contributed by atoms with Gasteiger partial charge in [-0.25, -0.2) is 0 Å². The maximum atomic E-state index is 12.3. The molecule has 0 saturated heterocycles. The average Bonchev–Trinajstić information content (AvgIpc) is 2.96. The second-order valence-corrected chi connectivity index (χ2v) is 6.60. The highest BCUT2D eigenvalue weighted by Gasteiger charge is 2.18. The van der Waals surface area contributed by atoms with Crippen LogP contribution in [0.25, 0.3) is 10.8 Å². The summed E-state index contributed by atoms with van der Waals surface area (Å²) in [4.78, 5) is 24.4. The van der Waals surface area contributed by atoms with E-state index in [1.54, 1.807) is 19.2 Å². The Labute approximate surface area is 171 Å². The van der Waals surface area contributed by atoms with Crippen molar-refractivity contribution in [2.75, 3.05) is 13.7 Å². The summed E-state index contributed by atoms with van der Waals surface area (Å²) in [7, 11) is 1.56. The van der Waals surface area contributed by atoms with Crippen molar-refractivity contribution in [3.8, 4) is 11.8 Å². The number of amides is 2. The molecule has 0 radical (unpaired) electrons. The fourth-order valence-electron chi connectivity index (χ4n) is 2.86. The van der Waals surface area contributed by atoms with E-state index in [2.05, 4.69) is 10.2 Å². The number of aromatic nitrogens is 1. The van der Waals surface area contributed by atoms with E-state index < -0.39 is 11.8 Å². The van der Waals surface area contributed by atoms with E-state index in [1.807, 2.05) is 0 Å². The number of rotatable bonds is 6. The lowest BCUT2D eigenvalue weighted by Gasteiger charge is -2.05. The van der Waals surface area contributed by atoms with Crippen LogP contribution in [-0.4, -0.2) is 40.3 Å². The fraction of sp³-hybridized carbons (Fsp3) is 0.200. The first-order chi connectivity index (χ1) is 13.9. The van der Waals surface area contributed by atoms with Gasteiger partial charge in [0, 0.05) is 36.6 Å². The highest BCUT2D eigenvalue weighted by atomic mass is 35.5. The largest absolute Gasteiger partial charge is 0.494 e. The number of fused-ring (bicyclic) bond motifs is 1. The molecule has 0 spiro atoms. The van der Waals surface area contributed by atoms with Crippen LogP contribution in [0.3, 0.4) is 0 Å². The molecule has 8 nitrogen and oxygen atoms in total. The summed E-state index contributed by atoms with van der Waals surface area (Å²) in [6.45, 7) is 0.812. The molecule has 0 aliphatic heterocycles. The van der Waals surface area contributed by atoms with E-state index in [-0.39, 0.29) is 27.9 Å². The van der Waals surface area contributed by atoms with Crippen LogP contribution in [0.4, 0.5) is 0 Å². The van der Waals surface area contributed by atoms with Crippen LogP contribution in [0.2, 0.25) is 5.02 Å². The normalized spacial score (nSPS) is 11.4. The number of aromatic hydroxyl groups is 2. The van der Waals surface area contributed by atoms with E-state index in [9.17, 15) is 19.8 Å². The maximum Gasteiger partial charge on any atom is 0.297 e. The van der Waals surface area contributed by atoms with Gasteiger partial charge in [0.1, 0.15) is 0 Å². The van der Waals surface area contributed by atoms with Crippen molar-refractivity contribution in [3.63, 3.8) is 0 Å². The van der Waals surface area contributed by atoms with Crippen LogP contribution in [0.5, 0.6) is 11.8 Å². The number of benzene rings is 2. The van der Waals surface area contributed by atoms with Gasteiger partial charge >= 0.3 is 0 Å². The number of carbonyl (C=O) groups excluding carboxylic acids is 2. The molecule has 2 N–H and O–H groups in total. The number of hydrogen-bond acceptors (Lipinski definition) is 5. The Hall–Kier alpha value is -3.23. The molecule has 1 heterocycles. The van der Waals surface area contributed by atoms with Crippen molar-refractivity contribution < 1.29 is 24.5 Å². The first kappa shape index (κ1) is 20.5. The van der Waals surface area contributed by atoms with Gasteiger partial charge < -0.3 is 14.9 Å². The van der Waals surface area contributed by atoms with E-state index in [4.69, 9.17) is 16.3 Å². The fourth-order valence-corrected chi connectivity index (χ4v) is 3.08. The zero-order valence-corrected chi connectivity index (χ0v) is 16.3. The second kappa shape index (κ2) is 8.85. The Morgan fingerprint density at radius 1 is 1.03 bits per heavy atom. The molecule has 0 fully saturated rings. The minimum absolute atomic E-state index is 0.108. The third-order valence-corrected chi connectivity index (χ3v) is 4.66. The van der Waals surface area contributed by atoms with Gasteiger partial charge in [0.15, 0.2) is 0 Å². The number of azo groups is 1. The zero-order valence-electron chi connectivity index (χ0n) is 15.5. The van der Waals surface area contributed by atoms with Gasteiger partial charge in [-0.15, -0.1) is 10.2 Å². The number of ether oxygens (including phenoxy) is 1. The summed E-state index contributed by atoms with van der Waals surface area (Å²) in [6, 6.07) is 10.6. The lowest BCUT2D eigenvalue weighted by Crippen LogP contribution is -2.00. The molecule has 29 heavy (non-hydrogen) atoms. The Kier molecular flexibility index (Phi) is 6.26. The molecule has 3 rings (SSSR count). The molecule has 0 atom stereocenters. The Bertz CT molecular complexity index is 1110. The van der Waals surface area contributed by atoms with E-state index in [0.717, 1.165) is 0 Å². The number of hydrogen-bond donors (Lipinski definition) is 2. The Morgan fingerprint density at radius 3 is 2.45 bits per heavy atom. The zero-order chi connectivity index (χ0) is 21.0. The highest BCUT2D eigenvalue weighted by molar-refractivity contribution is 6.33. The van der Waals surface area contributed by atoms with Crippen molar-refractivity contribution >= 4 is 34.2 Å². The number of nitrogens with zero attached hydrogens (tertiary/aromatic N) is 3. The number of methoxy groups -OCH3 is 1. The van der Waals surface area contributed by atoms with Gasteiger partial charge in [0.25, 0.3) is 11.8 Å². The van der Waals surface area contributed by atoms with E-state index in [0.29, 0.717) is 30.3 Å². The molecule has 0 saturated carbocycles. The summed E-state index contributed by atoms with van der Waals surface area (Å²) >= 11 is 5.93. The molecular formula is C20H18ClN3O5. The van der Waals surface area contributed by atoms with Crippen molar-refractivity contribution in [1.29, 1.82) is 0 Å². The van der Waals surface area contributed by atoms with E-state index in [1.165, 1.54) is 34.9 Å². The number of carbonyl (C=O) groups is 2. The molecule has 150 valence electrons. The van der Waals surface area contributed by atoms with Crippen molar-refractivity contribution in [1.82, 2.24) is 4.57 Å². The minimum atomic E-state index is -0.765. The Morgan fingerprint density at radius 2 is 1.72 bits per heavy atom. The van der Waals surface area contributed by atoms with Gasteiger partial charge in [0.05, 0.1) is 10.6 Å². The van der Waals surface area contributed by atoms with Crippen LogP contribution in [0.1, 0.15) is 27.1 Å². The average molecular weight is 416 g/mol. The summed E-state index contributed by atoms with van der Waals surface area (Å²) in [5, 5.41) is 28.5. The smallest absolute Gasteiger partial charge is 0.297 e. The van der Waals surface area contributed by atoms with Crippen molar-refractivity contribution in [3.05, 3.63) is 58.6 Å². The van der Waals surface area contributed by atoms with Gasteiger partial charge in [-0.05, 0) is 36.8 Å². The van der Waals surface area contributed by atoms with Crippen LogP contribution in [0.15, 0.2) is 52.7 Å². The Balaban J connectivity index is 1.84. The minimum Gasteiger partial charge on any atom is -0.494 e. The quantitative estimate of drug-likeness (QED) is 0.463. The summed E-state index contributed by atoms with van der Waals surface area (Å²) in [5.41, 5.74) is 0.245. The monoisotopic (exact) mass is 415 g/mol. The highest BCUT2D eigenvalue weighted by Crippen LogP contribution is 2.37. The van der Waals surface area contributed by atoms with Crippen molar-refractivity contribution in [2.45, 2.75) is 13.0 Å². The third kappa shape index (κ3) is 4.28. The second-order valence-electron chi connectivity index (χ2n) is 6.20. The molecule has 3 aromatic rings. The molecule has 0 aliphatic carbocycles. The van der Waals surface area contributed by atoms with Crippen molar-refractivity contribution in [2.24, 2.45) is 10.2 Å². The first-order valence-electron chi connectivity index (χ1n) is 8.72. The topological polar surface area (TPSA) is 113 Å². The molecule has 2 aromatic carbocycles. The lowest BCUT2D eigenvalue weighted by atomic mass is 10.1. The predicted octanol–water partition coefficient (Wildman–Crippen LogP) is 4.18. The maximum absolute atomic E-state index is 12.3. The molecule has 1 aromatic heterocycles. The standard InChI is InChI=1S/C20H18ClN3O5/c1-29-10-4-9-24-19(27)13-8-7-12(11-15(13)20(24)28)17(25)22-23-18(26)14-5-2-3-6-16(14)21/h2-3,5-8,11,27-28H,4,9-10H2,1H3. The van der Waals surface area contributed by atoms with Crippen LogP contribution in [-0.2, 0) is 11.3 Å². The molecule has 0 unspecified atom stereocenters. The molecule has 0 aliphatic rings. The van der Waals surface area contributed by atoms with Crippen LogP contribution in [0, 0.1) is 0 Å². The summed E-state index contributed by atoms with van der Waals surface area (Å²) in [6.07, 6.45) is 0.586. The van der Waals surface area contributed by atoms with E-state index >= 15 is 0 Å². The van der Waals surface area contributed by atoms with Gasteiger partial charge in [-0.1, -0.05) is 23.7 Å². The lowest BCUT2D eigenvalue weighted by molar-refractivity contribution is 0.0947. The van der Waals surface area contributed by atoms with Crippen LogP contribution < -0.4 is 0 Å². The summed E-state index contributed by atoms with van der Waals surface area (Å²) < 4.78 is 6.31. The molecule has 0 bridgehead atoms. The van der Waals surface area contributed by atoms with Gasteiger partial charge in [0.2, 0.25) is 11.8 Å². The molecule has 2 amide bonds. The van der Waals surface area contributed by atoms with Crippen LogP contribution >= 0.6 is 11.6 Å². The summed E-state index contributed by atoms with van der Waals surface area (Å²) in [5.74, 6) is -1.79.